The Kier molecular flexibility index (Phi) is 6.96. The lowest BCUT2D eigenvalue weighted by molar-refractivity contribution is -0.132. The molecule has 2 aromatic rings. The van der Waals surface area contributed by atoms with Gasteiger partial charge in [0.25, 0.3) is 0 Å². The van der Waals surface area contributed by atoms with E-state index in [-0.39, 0.29) is 42.0 Å². The van der Waals surface area contributed by atoms with Crippen LogP contribution in [0.5, 0.6) is 0 Å². The quantitative estimate of drug-likeness (QED) is 0.656. The van der Waals surface area contributed by atoms with Crippen molar-refractivity contribution in [1.29, 1.82) is 0 Å². The van der Waals surface area contributed by atoms with E-state index in [1.807, 2.05) is 82.0 Å². The molecule has 0 aromatic heterocycles. The SMILES string of the molecule is CC.CC(C)(C)OC(=O)N1CC2(C[C@@H]3CC(=O)N([C@H](CO)c4ccccc4)[C@@H]3c3ccccc32)C1. The fourth-order valence-corrected chi connectivity index (χ4v) is 6.10. The molecule has 3 aliphatic rings. The predicted octanol–water partition coefficient (Wildman–Crippen LogP) is 5.23. The van der Waals surface area contributed by atoms with Gasteiger partial charge in [-0.3, -0.25) is 4.79 Å². The van der Waals surface area contributed by atoms with Gasteiger partial charge in [-0.15, -0.1) is 0 Å². The molecule has 6 heteroatoms. The van der Waals surface area contributed by atoms with Crippen molar-refractivity contribution in [2.45, 2.75) is 70.6 Å². The van der Waals surface area contributed by atoms with E-state index in [2.05, 4.69) is 12.1 Å². The Morgan fingerprint density at radius 2 is 1.71 bits per heavy atom. The van der Waals surface area contributed by atoms with Crippen molar-refractivity contribution in [3.05, 3.63) is 71.3 Å². The second kappa shape index (κ2) is 9.65. The number of benzene rings is 2. The molecule has 0 radical (unpaired) electrons. The highest BCUT2D eigenvalue weighted by Crippen LogP contribution is 2.56. The van der Waals surface area contributed by atoms with E-state index >= 15 is 0 Å². The first-order chi connectivity index (χ1) is 16.7. The van der Waals surface area contributed by atoms with Crippen LogP contribution in [0.1, 0.15) is 76.2 Å². The Bertz CT molecular complexity index is 1060. The number of fused-ring (bicyclic) bond motifs is 4. The van der Waals surface area contributed by atoms with E-state index in [0.717, 1.165) is 17.5 Å². The van der Waals surface area contributed by atoms with Crippen LogP contribution in [-0.4, -0.2) is 52.2 Å². The highest BCUT2D eigenvalue weighted by Gasteiger charge is 2.57. The largest absolute Gasteiger partial charge is 0.444 e. The molecule has 0 unspecified atom stereocenters. The number of hydrogen-bond donors (Lipinski definition) is 1. The van der Waals surface area contributed by atoms with Crippen LogP contribution >= 0.6 is 0 Å². The molecule has 35 heavy (non-hydrogen) atoms. The summed E-state index contributed by atoms with van der Waals surface area (Å²) in [6.45, 7) is 10.7. The first-order valence-electron chi connectivity index (χ1n) is 12.8. The zero-order valence-corrected chi connectivity index (χ0v) is 21.5. The molecular formula is C29H38N2O4. The van der Waals surface area contributed by atoms with Crippen LogP contribution in [0.25, 0.3) is 0 Å². The number of hydrogen-bond acceptors (Lipinski definition) is 4. The lowest BCUT2D eigenvalue weighted by Crippen LogP contribution is -2.64. The Hall–Kier alpha value is -2.86. The van der Waals surface area contributed by atoms with Crippen LogP contribution in [0.3, 0.4) is 0 Å². The molecule has 188 valence electrons. The van der Waals surface area contributed by atoms with Crippen molar-refractivity contribution in [3.63, 3.8) is 0 Å². The summed E-state index contributed by atoms with van der Waals surface area (Å²) in [7, 11) is 0. The van der Waals surface area contributed by atoms with E-state index in [1.165, 1.54) is 5.56 Å². The zero-order valence-electron chi connectivity index (χ0n) is 21.5. The molecule has 3 atom stereocenters. The molecule has 1 aliphatic carbocycles. The predicted molar refractivity (Wildman–Crippen MR) is 136 cm³/mol. The number of likely N-dealkylation sites (tertiary alicyclic amines) is 2. The number of amides is 2. The minimum atomic E-state index is -0.523. The first kappa shape index (κ1) is 25.2. The number of ether oxygens (including phenoxy) is 1. The second-order valence-electron chi connectivity index (χ2n) is 10.7. The van der Waals surface area contributed by atoms with Crippen molar-refractivity contribution in [3.8, 4) is 0 Å². The van der Waals surface area contributed by atoms with E-state index in [1.54, 1.807) is 4.90 Å². The van der Waals surface area contributed by atoms with Gasteiger partial charge in [0.2, 0.25) is 5.91 Å². The summed E-state index contributed by atoms with van der Waals surface area (Å²) in [5, 5.41) is 10.3. The number of rotatable bonds is 3. The smallest absolute Gasteiger partial charge is 0.410 e. The summed E-state index contributed by atoms with van der Waals surface area (Å²) in [5.74, 6) is 0.244. The maximum absolute atomic E-state index is 13.3. The van der Waals surface area contributed by atoms with Crippen LogP contribution in [0.2, 0.25) is 0 Å². The Morgan fingerprint density at radius 3 is 2.34 bits per heavy atom. The molecule has 2 amide bonds. The lowest BCUT2D eigenvalue weighted by atomic mass is 9.60. The van der Waals surface area contributed by atoms with Crippen molar-refractivity contribution < 1.29 is 19.4 Å². The molecule has 1 spiro atoms. The van der Waals surface area contributed by atoms with Gasteiger partial charge in [0.15, 0.2) is 0 Å². The van der Waals surface area contributed by atoms with Gasteiger partial charge >= 0.3 is 6.09 Å². The standard InChI is InChI=1S/C27H32N2O4.C2H6/c1-26(2,3)33-25(32)28-16-27(17-28)14-19-13-23(31)29(22(15-30)18-9-5-4-6-10-18)24(19)20-11-7-8-12-21(20)27;1-2/h4-12,19,22,24,30H,13-17H2,1-3H3;1-2H3/t19-,22+,24-;/m0./s1. The van der Waals surface area contributed by atoms with E-state index in [4.69, 9.17) is 4.74 Å². The van der Waals surface area contributed by atoms with Gasteiger partial charge in [-0.25, -0.2) is 4.79 Å². The summed E-state index contributed by atoms with van der Waals surface area (Å²) in [4.78, 5) is 29.6. The summed E-state index contributed by atoms with van der Waals surface area (Å²) in [6.07, 6.45) is 1.04. The molecule has 1 N–H and O–H groups in total. The van der Waals surface area contributed by atoms with E-state index in [9.17, 15) is 14.7 Å². The third-order valence-corrected chi connectivity index (χ3v) is 7.31. The molecular weight excluding hydrogens is 440 g/mol. The molecule has 6 nitrogen and oxygen atoms in total. The molecule has 2 fully saturated rings. The van der Waals surface area contributed by atoms with Crippen LogP contribution in [0.15, 0.2) is 54.6 Å². The topological polar surface area (TPSA) is 70.1 Å². The van der Waals surface area contributed by atoms with Crippen molar-refractivity contribution >= 4 is 12.0 Å². The minimum absolute atomic E-state index is 0.0627. The van der Waals surface area contributed by atoms with Crippen molar-refractivity contribution in [2.75, 3.05) is 19.7 Å². The van der Waals surface area contributed by atoms with Gasteiger partial charge in [-0.2, -0.15) is 0 Å². The molecule has 2 heterocycles. The molecule has 5 rings (SSSR count). The fraction of sp³-hybridized carbons (Fsp3) is 0.517. The van der Waals surface area contributed by atoms with Crippen LogP contribution in [-0.2, 0) is 14.9 Å². The Balaban J connectivity index is 0.00000141. The molecule has 2 aromatic carbocycles. The minimum Gasteiger partial charge on any atom is -0.444 e. The highest BCUT2D eigenvalue weighted by atomic mass is 16.6. The summed E-state index contributed by atoms with van der Waals surface area (Å²) < 4.78 is 5.58. The van der Waals surface area contributed by atoms with Crippen LogP contribution in [0, 0.1) is 5.92 Å². The monoisotopic (exact) mass is 478 g/mol. The normalized spacial score (nSPS) is 23.0. The van der Waals surface area contributed by atoms with Crippen molar-refractivity contribution in [2.24, 2.45) is 5.92 Å². The summed E-state index contributed by atoms with van der Waals surface area (Å²) >= 11 is 0. The number of nitrogens with zero attached hydrogens (tertiary/aromatic N) is 2. The molecule has 0 bridgehead atoms. The lowest BCUT2D eigenvalue weighted by Gasteiger charge is -2.55. The fourth-order valence-electron chi connectivity index (χ4n) is 6.10. The average Bonchev–Trinajstić information content (AvgIpc) is 3.14. The maximum Gasteiger partial charge on any atom is 0.410 e. The van der Waals surface area contributed by atoms with Crippen molar-refractivity contribution in [1.82, 2.24) is 9.80 Å². The Labute approximate surface area is 208 Å². The van der Waals surface area contributed by atoms with E-state index in [0.29, 0.717) is 19.5 Å². The number of carbonyl (C=O) groups is 2. The van der Waals surface area contributed by atoms with Gasteiger partial charge < -0.3 is 19.6 Å². The second-order valence-corrected chi connectivity index (χ2v) is 10.7. The third kappa shape index (κ3) is 4.56. The van der Waals surface area contributed by atoms with Gasteiger partial charge in [0.1, 0.15) is 5.60 Å². The highest BCUT2D eigenvalue weighted by molar-refractivity contribution is 5.81. The third-order valence-electron chi connectivity index (χ3n) is 7.31. The van der Waals surface area contributed by atoms with Gasteiger partial charge in [-0.05, 0) is 49.8 Å². The van der Waals surface area contributed by atoms with E-state index < -0.39 is 5.60 Å². The molecule has 0 saturated carbocycles. The molecule has 2 aliphatic heterocycles. The van der Waals surface area contributed by atoms with Gasteiger partial charge in [-0.1, -0.05) is 68.4 Å². The number of aliphatic hydroxyl groups excluding tert-OH is 1. The van der Waals surface area contributed by atoms with Crippen LogP contribution in [0.4, 0.5) is 4.79 Å². The molecule has 2 saturated heterocycles. The first-order valence-corrected chi connectivity index (χ1v) is 12.8. The van der Waals surface area contributed by atoms with Gasteiger partial charge in [0, 0.05) is 24.9 Å². The van der Waals surface area contributed by atoms with Gasteiger partial charge in [0.05, 0.1) is 18.7 Å². The summed E-state index contributed by atoms with van der Waals surface area (Å²) in [6, 6.07) is 17.7. The number of carbonyl (C=O) groups excluding carboxylic acids is 2. The van der Waals surface area contributed by atoms with Crippen LogP contribution < -0.4 is 0 Å². The zero-order chi connectivity index (χ0) is 25.4. The maximum atomic E-state index is 13.3. The number of aliphatic hydroxyl groups is 1. The Morgan fingerprint density at radius 1 is 1.09 bits per heavy atom. The average molecular weight is 479 g/mol. The summed E-state index contributed by atoms with van der Waals surface area (Å²) in [5.41, 5.74) is 2.65.